The van der Waals surface area contributed by atoms with Gasteiger partial charge in [0, 0.05) is 17.3 Å². The molecule has 5 aliphatic carbocycles. The zero-order valence-electron chi connectivity index (χ0n) is 15.1. The van der Waals surface area contributed by atoms with Gasteiger partial charge in [0.25, 0.3) is 5.91 Å². The standard InChI is InChI=1S/C20H27N3O3/c24-17(23-20-8-12-4-13(9-20)6-14(5-12)10-20)11-26-18-7-16(15-2-1-3-15)21-19(25)22-18/h7,12-15H,1-6,8-11H2,(H,23,24)(H,21,22,25). The summed E-state index contributed by atoms with van der Waals surface area (Å²) in [6, 6.07) is 1.78. The zero-order chi connectivity index (χ0) is 17.7. The minimum atomic E-state index is -0.397. The summed E-state index contributed by atoms with van der Waals surface area (Å²) in [6.45, 7) is -0.0672. The van der Waals surface area contributed by atoms with Crippen LogP contribution >= 0.6 is 0 Å². The topological polar surface area (TPSA) is 84.1 Å². The summed E-state index contributed by atoms with van der Waals surface area (Å²) in [5.74, 6) is 2.95. The Morgan fingerprint density at radius 2 is 1.85 bits per heavy atom. The fourth-order valence-electron chi connectivity index (χ4n) is 6.20. The number of rotatable bonds is 5. The van der Waals surface area contributed by atoms with E-state index in [1.165, 1.54) is 25.7 Å². The van der Waals surface area contributed by atoms with Crippen LogP contribution < -0.4 is 15.7 Å². The molecular weight excluding hydrogens is 330 g/mol. The van der Waals surface area contributed by atoms with Crippen molar-refractivity contribution >= 4 is 5.91 Å². The molecular formula is C20H27N3O3. The summed E-state index contributed by atoms with van der Waals surface area (Å²) in [5, 5.41) is 3.29. The summed E-state index contributed by atoms with van der Waals surface area (Å²) < 4.78 is 5.58. The number of aromatic amines is 1. The highest BCUT2D eigenvalue weighted by Gasteiger charge is 2.51. The molecule has 5 saturated carbocycles. The average molecular weight is 357 g/mol. The van der Waals surface area contributed by atoms with E-state index in [4.69, 9.17) is 4.74 Å². The minimum Gasteiger partial charge on any atom is -0.467 e. The number of carbonyl (C=O) groups excluding carboxylic acids is 1. The van der Waals surface area contributed by atoms with E-state index in [9.17, 15) is 9.59 Å². The molecule has 6 nitrogen and oxygen atoms in total. The van der Waals surface area contributed by atoms with Crippen LogP contribution in [0.4, 0.5) is 0 Å². The molecule has 6 heteroatoms. The lowest BCUT2D eigenvalue weighted by Crippen LogP contribution is -2.60. The quantitative estimate of drug-likeness (QED) is 0.848. The van der Waals surface area contributed by atoms with Crippen molar-refractivity contribution in [2.45, 2.75) is 69.2 Å². The number of carbonyl (C=O) groups is 1. The van der Waals surface area contributed by atoms with E-state index < -0.39 is 5.69 Å². The van der Waals surface area contributed by atoms with Gasteiger partial charge in [0.2, 0.25) is 5.88 Å². The maximum Gasteiger partial charge on any atom is 0.348 e. The van der Waals surface area contributed by atoms with Crippen LogP contribution in [0.1, 0.15) is 69.4 Å². The molecule has 0 spiro atoms. The summed E-state index contributed by atoms with van der Waals surface area (Å²) in [5.41, 5.74) is 0.479. The van der Waals surface area contributed by atoms with Gasteiger partial charge < -0.3 is 15.0 Å². The minimum absolute atomic E-state index is 0.00608. The number of ether oxygens (including phenoxy) is 1. The van der Waals surface area contributed by atoms with Crippen molar-refractivity contribution < 1.29 is 9.53 Å². The summed E-state index contributed by atoms with van der Waals surface area (Å²) >= 11 is 0. The molecule has 0 atom stereocenters. The molecule has 26 heavy (non-hydrogen) atoms. The Morgan fingerprint density at radius 1 is 1.19 bits per heavy atom. The average Bonchev–Trinajstić information content (AvgIpc) is 2.49. The lowest BCUT2D eigenvalue weighted by Gasteiger charge is -2.56. The first-order chi connectivity index (χ1) is 12.6. The molecule has 140 valence electrons. The second kappa shape index (κ2) is 6.10. The van der Waals surface area contributed by atoms with Crippen LogP contribution in [0.5, 0.6) is 5.88 Å². The van der Waals surface area contributed by atoms with Crippen molar-refractivity contribution in [3.05, 3.63) is 22.2 Å². The molecule has 6 rings (SSSR count). The first-order valence-corrected chi connectivity index (χ1v) is 10.1. The van der Waals surface area contributed by atoms with E-state index in [1.807, 2.05) is 0 Å². The summed E-state index contributed by atoms with van der Waals surface area (Å²) in [6.07, 6.45) is 10.8. The molecule has 2 N–H and O–H groups in total. The number of nitrogens with one attached hydrogen (secondary N) is 2. The Hall–Kier alpha value is -1.85. The van der Waals surface area contributed by atoms with Gasteiger partial charge in [-0.3, -0.25) is 4.79 Å². The van der Waals surface area contributed by atoms with Crippen molar-refractivity contribution in [2.24, 2.45) is 17.8 Å². The van der Waals surface area contributed by atoms with Gasteiger partial charge in [0.1, 0.15) is 0 Å². The third-order valence-corrected chi connectivity index (χ3v) is 7.08. The molecule has 1 aromatic rings. The highest BCUT2D eigenvalue weighted by Crippen LogP contribution is 2.55. The van der Waals surface area contributed by atoms with Crippen molar-refractivity contribution in [2.75, 3.05) is 6.61 Å². The lowest BCUT2D eigenvalue weighted by molar-refractivity contribution is -0.128. The van der Waals surface area contributed by atoms with Gasteiger partial charge in [-0.25, -0.2) is 4.79 Å². The molecule has 0 unspecified atom stereocenters. The highest BCUT2D eigenvalue weighted by molar-refractivity contribution is 5.78. The molecule has 4 bridgehead atoms. The van der Waals surface area contributed by atoms with E-state index in [1.54, 1.807) is 6.07 Å². The van der Waals surface area contributed by atoms with E-state index >= 15 is 0 Å². The number of aromatic nitrogens is 2. The molecule has 0 radical (unpaired) electrons. The van der Waals surface area contributed by atoms with Gasteiger partial charge in [0.15, 0.2) is 6.61 Å². The third-order valence-electron chi connectivity index (χ3n) is 7.08. The van der Waals surface area contributed by atoms with Crippen LogP contribution in [0.25, 0.3) is 0 Å². The second-order valence-corrected chi connectivity index (χ2v) is 9.14. The van der Waals surface area contributed by atoms with Gasteiger partial charge >= 0.3 is 5.69 Å². The Kier molecular flexibility index (Phi) is 3.83. The van der Waals surface area contributed by atoms with E-state index in [0.717, 1.165) is 55.6 Å². The van der Waals surface area contributed by atoms with Crippen molar-refractivity contribution in [3.63, 3.8) is 0 Å². The molecule has 0 saturated heterocycles. The molecule has 1 heterocycles. The predicted octanol–water partition coefficient (Wildman–Crippen LogP) is 2.50. The number of amides is 1. The normalized spacial score (nSPS) is 35.2. The van der Waals surface area contributed by atoms with Crippen molar-refractivity contribution in [1.82, 2.24) is 15.3 Å². The van der Waals surface area contributed by atoms with Crippen LogP contribution in [0.15, 0.2) is 10.9 Å². The number of nitrogens with zero attached hydrogens (tertiary/aromatic N) is 1. The maximum absolute atomic E-state index is 12.5. The fourth-order valence-corrected chi connectivity index (χ4v) is 6.20. The molecule has 0 aliphatic heterocycles. The van der Waals surface area contributed by atoms with Crippen LogP contribution in [0.2, 0.25) is 0 Å². The SMILES string of the molecule is O=C(COc1cc(C2CCC2)[nH]c(=O)n1)NC12CC3CC(CC(C3)C1)C2. The zero-order valence-corrected chi connectivity index (χ0v) is 15.1. The maximum atomic E-state index is 12.5. The van der Waals surface area contributed by atoms with Crippen LogP contribution in [0, 0.1) is 17.8 Å². The monoisotopic (exact) mass is 357 g/mol. The molecule has 1 amide bonds. The van der Waals surface area contributed by atoms with E-state index in [-0.39, 0.29) is 23.9 Å². The van der Waals surface area contributed by atoms with Gasteiger partial charge in [0.05, 0.1) is 0 Å². The molecule has 1 aromatic heterocycles. The predicted molar refractivity (Wildman–Crippen MR) is 96.0 cm³/mol. The second-order valence-electron chi connectivity index (χ2n) is 9.14. The third kappa shape index (κ3) is 3.03. The van der Waals surface area contributed by atoms with Gasteiger partial charge in [-0.1, -0.05) is 6.42 Å². The Balaban J connectivity index is 1.21. The van der Waals surface area contributed by atoms with E-state index in [2.05, 4.69) is 15.3 Å². The molecule has 5 fully saturated rings. The number of H-pyrrole nitrogens is 1. The van der Waals surface area contributed by atoms with Crippen molar-refractivity contribution in [1.29, 1.82) is 0 Å². The Bertz CT molecular complexity index is 733. The first-order valence-electron chi connectivity index (χ1n) is 10.1. The van der Waals surface area contributed by atoms with Gasteiger partial charge in [-0.2, -0.15) is 4.98 Å². The lowest BCUT2D eigenvalue weighted by atomic mass is 9.53. The Morgan fingerprint density at radius 3 is 2.42 bits per heavy atom. The van der Waals surface area contributed by atoms with Crippen LogP contribution in [-0.4, -0.2) is 28.0 Å². The van der Waals surface area contributed by atoms with E-state index in [0.29, 0.717) is 5.92 Å². The van der Waals surface area contributed by atoms with Crippen LogP contribution in [-0.2, 0) is 4.79 Å². The Labute approximate surface area is 153 Å². The fraction of sp³-hybridized carbons (Fsp3) is 0.750. The summed E-state index contributed by atoms with van der Waals surface area (Å²) in [7, 11) is 0. The largest absolute Gasteiger partial charge is 0.467 e. The smallest absolute Gasteiger partial charge is 0.348 e. The first kappa shape index (κ1) is 16.3. The number of hydrogen-bond donors (Lipinski definition) is 2. The van der Waals surface area contributed by atoms with Gasteiger partial charge in [-0.05, 0) is 75.0 Å². The highest BCUT2D eigenvalue weighted by atomic mass is 16.5. The van der Waals surface area contributed by atoms with Crippen molar-refractivity contribution in [3.8, 4) is 5.88 Å². The summed E-state index contributed by atoms with van der Waals surface area (Å²) in [4.78, 5) is 30.9. The molecule has 5 aliphatic rings. The van der Waals surface area contributed by atoms with Crippen LogP contribution in [0.3, 0.4) is 0 Å². The number of hydrogen-bond acceptors (Lipinski definition) is 4. The van der Waals surface area contributed by atoms with Gasteiger partial charge in [-0.15, -0.1) is 0 Å². The molecule has 0 aromatic carbocycles.